The summed E-state index contributed by atoms with van der Waals surface area (Å²) >= 11 is 0. The molecular weight excluding hydrogens is 236 g/mol. The summed E-state index contributed by atoms with van der Waals surface area (Å²) in [6.45, 7) is 3.33. The Morgan fingerprint density at radius 3 is 2.50 bits per heavy atom. The van der Waals surface area contributed by atoms with E-state index in [9.17, 15) is 9.59 Å². The predicted molar refractivity (Wildman–Crippen MR) is 65.1 cm³/mol. The third kappa shape index (κ3) is 3.69. The van der Waals surface area contributed by atoms with E-state index in [0.717, 1.165) is 0 Å². The molecule has 0 aliphatic heterocycles. The van der Waals surface area contributed by atoms with E-state index in [2.05, 4.69) is 20.6 Å². The van der Waals surface area contributed by atoms with E-state index in [4.69, 9.17) is 5.11 Å². The number of hydrogen-bond acceptors (Lipinski definition) is 4. The highest BCUT2D eigenvalue weighted by atomic mass is 16.4. The van der Waals surface area contributed by atoms with Crippen LogP contribution >= 0.6 is 0 Å². The number of carbonyl (C=O) groups excluding carboxylic acids is 1. The molecule has 98 valence electrons. The lowest BCUT2D eigenvalue weighted by atomic mass is 9.97. The van der Waals surface area contributed by atoms with Gasteiger partial charge >= 0.3 is 12.0 Å². The summed E-state index contributed by atoms with van der Waals surface area (Å²) in [7, 11) is 0. The summed E-state index contributed by atoms with van der Waals surface area (Å²) in [6, 6.07) is -0.594. The zero-order valence-electron chi connectivity index (χ0n) is 10.3. The summed E-state index contributed by atoms with van der Waals surface area (Å²) in [4.78, 5) is 30.3. The summed E-state index contributed by atoms with van der Waals surface area (Å²) in [5, 5.41) is 14.0. The van der Waals surface area contributed by atoms with Crippen molar-refractivity contribution in [2.24, 2.45) is 0 Å². The Kier molecular flexibility index (Phi) is 4.59. The zero-order chi connectivity index (χ0) is 13.6. The second-order valence-electron chi connectivity index (χ2n) is 4.09. The van der Waals surface area contributed by atoms with Gasteiger partial charge in [0.05, 0.1) is 18.1 Å². The Morgan fingerprint density at radius 1 is 1.39 bits per heavy atom. The molecule has 0 radical (unpaired) electrons. The number of hydrogen-bond donors (Lipinski definition) is 3. The minimum absolute atomic E-state index is 0.348. The van der Waals surface area contributed by atoms with E-state index in [1.165, 1.54) is 25.6 Å². The Morgan fingerprint density at radius 2 is 2.00 bits per heavy atom. The van der Waals surface area contributed by atoms with Gasteiger partial charge in [-0.1, -0.05) is 13.3 Å². The van der Waals surface area contributed by atoms with Gasteiger partial charge in [-0.3, -0.25) is 0 Å². The number of rotatable bonds is 5. The number of aliphatic carboxylic acids is 1. The van der Waals surface area contributed by atoms with Gasteiger partial charge in [0, 0.05) is 0 Å². The van der Waals surface area contributed by atoms with Crippen LogP contribution in [0.1, 0.15) is 26.7 Å². The van der Waals surface area contributed by atoms with Crippen LogP contribution in [0.15, 0.2) is 18.7 Å². The number of carboxylic acids is 1. The molecule has 1 heterocycles. The van der Waals surface area contributed by atoms with Gasteiger partial charge in [-0.05, 0) is 13.3 Å². The number of carboxylic acid groups (broad SMARTS) is 1. The van der Waals surface area contributed by atoms with Crippen molar-refractivity contribution in [3.63, 3.8) is 0 Å². The molecule has 18 heavy (non-hydrogen) atoms. The van der Waals surface area contributed by atoms with Gasteiger partial charge in [0.15, 0.2) is 0 Å². The molecule has 0 spiro atoms. The number of nitrogens with zero attached hydrogens (tertiary/aromatic N) is 2. The highest BCUT2D eigenvalue weighted by molar-refractivity contribution is 5.93. The number of anilines is 1. The van der Waals surface area contributed by atoms with Gasteiger partial charge in [0.1, 0.15) is 11.9 Å². The van der Waals surface area contributed by atoms with Crippen LogP contribution in [0.5, 0.6) is 0 Å². The van der Waals surface area contributed by atoms with E-state index in [0.29, 0.717) is 18.5 Å². The van der Waals surface area contributed by atoms with Crippen LogP contribution in [-0.2, 0) is 4.79 Å². The van der Waals surface area contributed by atoms with Crippen molar-refractivity contribution in [1.29, 1.82) is 0 Å². The number of amides is 2. The van der Waals surface area contributed by atoms with E-state index >= 15 is 0 Å². The molecule has 3 N–H and O–H groups in total. The first-order valence-electron chi connectivity index (χ1n) is 5.55. The Balaban J connectivity index is 2.65. The fraction of sp³-hybridized carbons (Fsp3) is 0.455. The summed E-state index contributed by atoms with van der Waals surface area (Å²) < 4.78 is 0. The first-order chi connectivity index (χ1) is 8.48. The first-order valence-corrected chi connectivity index (χ1v) is 5.55. The second-order valence-corrected chi connectivity index (χ2v) is 4.09. The number of urea groups is 1. The average Bonchev–Trinajstić information content (AvgIpc) is 2.30. The van der Waals surface area contributed by atoms with Crippen LogP contribution in [0.3, 0.4) is 0 Å². The molecule has 0 saturated heterocycles. The van der Waals surface area contributed by atoms with E-state index < -0.39 is 17.5 Å². The molecule has 7 nitrogen and oxygen atoms in total. The lowest BCUT2D eigenvalue weighted by Gasteiger charge is -2.25. The molecule has 0 saturated carbocycles. The van der Waals surface area contributed by atoms with E-state index in [-0.39, 0.29) is 0 Å². The molecule has 0 aliphatic carbocycles. The van der Waals surface area contributed by atoms with Crippen LogP contribution in [-0.4, -0.2) is 32.6 Å². The molecule has 7 heteroatoms. The molecule has 0 fully saturated rings. The minimum atomic E-state index is -1.28. The SMILES string of the molecule is CCCC(C)(NC(=O)Nc1cncnc1)C(=O)O. The lowest BCUT2D eigenvalue weighted by molar-refractivity contribution is -0.143. The average molecular weight is 252 g/mol. The van der Waals surface area contributed by atoms with E-state index in [1.807, 2.05) is 6.92 Å². The van der Waals surface area contributed by atoms with Gasteiger partial charge in [-0.25, -0.2) is 19.6 Å². The predicted octanol–water partition coefficient (Wildman–Crippen LogP) is 1.24. The smallest absolute Gasteiger partial charge is 0.329 e. The molecule has 0 bridgehead atoms. The number of aromatic nitrogens is 2. The second kappa shape index (κ2) is 5.95. The number of nitrogens with one attached hydrogen (secondary N) is 2. The maximum Gasteiger partial charge on any atom is 0.329 e. The molecule has 2 amide bonds. The fourth-order valence-corrected chi connectivity index (χ4v) is 1.50. The highest BCUT2D eigenvalue weighted by Crippen LogP contribution is 2.13. The molecule has 0 aromatic carbocycles. The standard InChI is InChI=1S/C11H16N4O3/c1-3-4-11(2,9(16)17)15-10(18)14-8-5-12-7-13-6-8/h5-7H,3-4H2,1-2H3,(H,16,17)(H2,14,15,18). The van der Waals surface area contributed by atoms with Gasteiger partial charge in [0.2, 0.25) is 0 Å². The lowest BCUT2D eigenvalue weighted by Crippen LogP contribution is -2.53. The Hall–Kier alpha value is -2.18. The van der Waals surface area contributed by atoms with Crippen LogP contribution in [0.25, 0.3) is 0 Å². The molecular formula is C11H16N4O3. The molecule has 1 unspecified atom stereocenters. The van der Waals surface area contributed by atoms with Crippen LogP contribution in [0.4, 0.5) is 10.5 Å². The van der Waals surface area contributed by atoms with Crippen molar-refractivity contribution >= 4 is 17.7 Å². The van der Waals surface area contributed by atoms with Crippen LogP contribution in [0, 0.1) is 0 Å². The summed E-state index contributed by atoms with van der Waals surface area (Å²) in [5.74, 6) is -1.07. The van der Waals surface area contributed by atoms with Gasteiger partial charge in [0.25, 0.3) is 0 Å². The van der Waals surface area contributed by atoms with Gasteiger partial charge in [-0.2, -0.15) is 0 Å². The van der Waals surface area contributed by atoms with Gasteiger partial charge < -0.3 is 15.7 Å². The van der Waals surface area contributed by atoms with E-state index in [1.54, 1.807) is 0 Å². The quantitative estimate of drug-likeness (QED) is 0.731. The first kappa shape index (κ1) is 13.9. The van der Waals surface area contributed by atoms with Crippen molar-refractivity contribution in [2.45, 2.75) is 32.2 Å². The third-order valence-corrected chi connectivity index (χ3v) is 2.43. The Bertz CT molecular complexity index is 424. The molecule has 1 rings (SSSR count). The van der Waals surface area contributed by atoms with Crippen LogP contribution in [0.2, 0.25) is 0 Å². The largest absolute Gasteiger partial charge is 0.480 e. The fourth-order valence-electron chi connectivity index (χ4n) is 1.50. The molecule has 1 aromatic heterocycles. The third-order valence-electron chi connectivity index (χ3n) is 2.43. The molecule has 0 aliphatic rings. The summed E-state index contributed by atoms with van der Waals surface area (Å²) in [5.41, 5.74) is -0.881. The highest BCUT2D eigenvalue weighted by Gasteiger charge is 2.33. The summed E-state index contributed by atoms with van der Waals surface area (Å²) in [6.07, 6.45) is 5.18. The minimum Gasteiger partial charge on any atom is -0.480 e. The van der Waals surface area contributed by atoms with Crippen molar-refractivity contribution in [1.82, 2.24) is 15.3 Å². The molecule has 1 atom stereocenters. The van der Waals surface area contributed by atoms with Crippen molar-refractivity contribution in [3.05, 3.63) is 18.7 Å². The van der Waals surface area contributed by atoms with Gasteiger partial charge in [-0.15, -0.1) is 0 Å². The topological polar surface area (TPSA) is 104 Å². The van der Waals surface area contributed by atoms with Crippen LogP contribution < -0.4 is 10.6 Å². The van der Waals surface area contributed by atoms with Crippen molar-refractivity contribution in [2.75, 3.05) is 5.32 Å². The monoisotopic (exact) mass is 252 g/mol. The Labute approximate surface area is 105 Å². The molecule has 1 aromatic rings. The number of carbonyl (C=O) groups is 2. The zero-order valence-corrected chi connectivity index (χ0v) is 10.3. The maximum atomic E-state index is 11.7. The van der Waals surface area contributed by atoms with Crippen molar-refractivity contribution in [3.8, 4) is 0 Å². The normalized spacial score (nSPS) is 13.4. The maximum absolute atomic E-state index is 11.7. The van der Waals surface area contributed by atoms with Crippen molar-refractivity contribution < 1.29 is 14.7 Å².